The molecule has 2 rings (SSSR count). The predicted octanol–water partition coefficient (Wildman–Crippen LogP) is 3.05. The van der Waals surface area contributed by atoms with Gasteiger partial charge in [-0.15, -0.1) is 11.3 Å². The van der Waals surface area contributed by atoms with Crippen LogP contribution in [0.3, 0.4) is 0 Å². The van der Waals surface area contributed by atoms with E-state index in [1.165, 1.54) is 17.4 Å². The standard InChI is InChI=1S/C11H9BrF2N2O2S2/c12-11-10(4-9(5-15)19-11)20(17,18)16-8-2-6(13)1-7(14)3-8/h1-4,16H,5,15H2. The Morgan fingerprint density at radius 2 is 1.80 bits per heavy atom. The number of nitrogens with one attached hydrogen (secondary N) is 1. The molecule has 0 aliphatic heterocycles. The fourth-order valence-electron chi connectivity index (χ4n) is 1.50. The van der Waals surface area contributed by atoms with Crippen LogP contribution in [-0.2, 0) is 16.6 Å². The summed E-state index contributed by atoms with van der Waals surface area (Å²) in [6, 6.07) is 3.85. The van der Waals surface area contributed by atoms with Gasteiger partial charge in [0.25, 0.3) is 10.0 Å². The first-order chi connectivity index (χ1) is 9.31. The van der Waals surface area contributed by atoms with Gasteiger partial charge in [0.05, 0.1) is 9.47 Å². The average Bonchev–Trinajstić information content (AvgIpc) is 2.69. The van der Waals surface area contributed by atoms with Crippen molar-refractivity contribution in [2.45, 2.75) is 11.4 Å². The lowest BCUT2D eigenvalue weighted by atomic mass is 10.3. The Balaban J connectivity index is 2.37. The molecule has 0 unspecified atom stereocenters. The lowest BCUT2D eigenvalue weighted by Crippen LogP contribution is -2.13. The minimum Gasteiger partial charge on any atom is -0.326 e. The minimum atomic E-state index is -3.94. The fraction of sp³-hybridized carbons (Fsp3) is 0.0909. The monoisotopic (exact) mass is 382 g/mol. The highest BCUT2D eigenvalue weighted by atomic mass is 79.9. The summed E-state index contributed by atoms with van der Waals surface area (Å²) in [6.07, 6.45) is 0. The summed E-state index contributed by atoms with van der Waals surface area (Å²) in [5.74, 6) is -1.73. The molecule has 0 radical (unpaired) electrons. The van der Waals surface area contributed by atoms with Gasteiger partial charge in [0.2, 0.25) is 0 Å². The first kappa shape index (κ1) is 15.4. The van der Waals surface area contributed by atoms with E-state index in [0.29, 0.717) is 14.7 Å². The van der Waals surface area contributed by atoms with Crippen LogP contribution in [0, 0.1) is 11.6 Å². The van der Waals surface area contributed by atoms with Crippen molar-refractivity contribution in [1.29, 1.82) is 0 Å². The number of nitrogens with two attached hydrogens (primary N) is 1. The molecule has 0 saturated heterocycles. The van der Waals surface area contributed by atoms with E-state index in [2.05, 4.69) is 20.7 Å². The molecule has 0 spiro atoms. The van der Waals surface area contributed by atoms with Crippen LogP contribution in [0.4, 0.5) is 14.5 Å². The predicted molar refractivity (Wildman–Crippen MR) is 77.1 cm³/mol. The molecule has 0 aliphatic carbocycles. The van der Waals surface area contributed by atoms with Crippen LogP contribution >= 0.6 is 27.3 Å². The lowest BCUT2D eigenvalue weighted by molar-refractivity contribution is 0.584. The van der Waals surface area contributed by atoms with Gasteiger partial charge in [-0.25, -0.2) is 17.2 Å². The van der Waals surface area contributed by atoms with Crippen molar-refractivity contribution >= 4 is 43.0 Å². The molecule has 1 aromatic carbocycles. The zero-order chi connectivity index (χ0) is 14.9. The van der Waals surface area contributed by atoms with E-state index in [9.17, 15) is 17.2 Å². The smallest absolute Gasteiger partial charge is 0.263 e. The van der Waals surface area contributed by atoms with Crippen LogP contribution in [0.25, 0.3) is 0 Å². The third-order valence-electron chi connectivity index (χ3n) is 2.31. The van der Waals surface area contributed by atoms with Crippen LogP contribution in [0.2, 0.25) is 0 Å². The maximum atomic E-state index is 13.0. The topological polar surface area (TPSA) is 72.2 Å². The number of anilines is 1. The van der Waals surface area contributed by atoms with Gasteiger partial charge >= 0.3 is 0 Å². The molecule has 108 valence electrons. The summed E-state index contributed by atoms with van der Waals surface area (Å²) in [5, 5.41) is 0. The van der Waals surface area contributed by atoms with Crippen molar-refractivity contribution in [2.75, 3.05) is 4.72 Å². The van der Waals surface area contributed by atoms with Crippen molar-refractivity contribution in [3.05, 3.63) is 44.6 Å². The summed E-state index contributed by atoms with van der Waals surface area (Å²) in [7, 11) is -3.94. The number of benzene rings is 1. The second-order valence-corrected chi connectivity index (χ2v) is 7.92. The summed E-state index contributed by atoms with van der Waals surface area (Å²) in [6.45, 7) is 0.202. The third kappa shape index (κ3) is 3.35. The quantitative estimate of drug-likeness (QED) is 0.853. The van der Waals surface area contributed by atoms with Gasteiger partial charge in [-0.1, -0.05) is 0 Å². The highest BCUT2D eigenvalue weighted by Gasteiger charge is 2.21. The number of rotatable bonds is 4. The lowest BCUT2D eigenvalue weighted by Gasteiger charge is -2.07. The zero-order valence-corrected chi connectivity index (χ0v) is 13.1. The maximum Gasteiger partial charge on any atom is 0.263 e. The van der Waals surface area contributed by atoms with Gasteiger partial charge in [0.1, 0.15) is 16.5 Å². The Hall–Kier alpha value is -1.03. The van der Waals surface area contributed by atoms with E-state index in [1.54, 1.807) is 0 Å². The highest BCUT2D eigenvalue weighted by Crippen LogP contribution is 2.32. The molecule has 0 atom stereocenters. The van der Waals surface area contributed by atoms with E-state index < -0.39 is 21.7 Å². The second-order valence-electron chi connectivity index (χ2n) is 3.82. The Kier molecular flexibility index (Phi) is 4.43. The molecule has 4 nitrogen and oxygen atoms in total. The van der Waals surface area contributed by atoms with Crippen molar-refractivity contribution in [3.8, 4) is 0 Å². The van der Waals surface area contributed by atoms with Crippen molar-refractivity contribution in [1.82, 2.24) is 0 Å². The Morgan fingerprint density at radius 3 is 2.30 bits per heavy atom. The third-order valence-corrected chi connectivity index (χ3v) is 5.97. The average molecular weight is 383 g/mol. The largest absolute Gasteiger partial charge is 0.326 e. The van der Waals surface area contributed by atoms with Crippen LogP contribution < -0.4 is 10.5 Å². The summed E-state index contributed by atoms with van der Waals surface area (Å²) in [4.78, 5) is 0.648. The van der Waals surface area contributed by atoms with E-state index >= 15 is 0 Å². The molecule has 9 heteroatoms. The molecule has 0 aliphatic rings. The SMILES string of the molecule is NCc1cc(S(=O)(=O)Nc2cc(F)cc(F)c2)c(Br)s1. The molecular formula is C11H9BrF2N2O2S2. The Labute approximate surface area is 126 Å². The molecule has 3 N–H and O–H groups in total. The van der Waals surface area contributed by atoms with Gasteiger partial charge in [0.15, 0.2) is 0 Å². The number of hydrogen-bond donors (Lipinski definition) is 2. The minimum absolute atomic E-state index is 0.0207. The van der Waals surface area contributed by atoms with Gasteiger partial charge in [0, 0.05) is 17.5 Å². The number of thiophene rings is 1. The molecule has 2 aromatic rings. The van der Waals surface area contributed by atoms with Crippen LogP contribution in [-0.4, -0.2) is 8.42 Å². The van der Waals surface area contributed by atoms with Gasteiger partial charge in [-0.2, -0.15) is 0 Å². The van der Waals surface area contributed by atoms with E-state index in [1.807, 2.05) is 0 Å². The molecule has 0 fully saturated rings. The Bertz CT molecular complexity index is 727. The second kappa shape index (κ2) is 5.76. The van der Waals surface area contributed by atoms with E-state index in [0.717, 1.165) is 12.1 Å². The maximum absolute atomic E-state index is 13.0. The van der Waals surface area contributed by atoms with E-state index in [4.69, 9.17) is 5.73 Å². The van der Waals surface area contributed by atoms with Gasteiger partial charge in [-0.3, -0.25) is 4.72 Å². The molecule has 0 saturated carbocycles. The van der Waals surface area contributed by atoms with Gasteiger partial charge < -0.3 is 5.73 Å². The highest BCUT2D eigenvalue weighted by molar-refractivity contribution is 9.11. The normalized spacial score (nSPS) is 11.6. The van der Waals surface area contributed by atoms with Crippen molar-refractivity contribution in [2.24, 2.45) is 5.73 Å². The molecule has 1 heterocycles. The van der Waals surface area contributed by atoms with Crippen LogP contribution in [0.15, 0.2) is 32.9 Å². The number of hydrogen-bond acceptors (Lipinski definition) is 4. The molecule has 0 bridgehead atoms. The number of halogens is 3. The van der Waals surface area contributed by atoms with Crippen LogP contribution in [0.5, 0.6) is 0 Å². The van der Waals surface area contributed by atoms with Crippen LogP contribution in [0.1, 0.15) is 4.88 Å². The fourth-order valence-corrected chi connectivity index (χ4v) is 5.11. The summed E-state index contributed by atoms with van der Waals surface area (Å²) >= 11 is 4.31. The zero-order valence-electron chi connectivity index (χ0n) is 9.86. The summed E-state index contributed by atoms with van der Waals surface area (Å²) < 4.78 is 52.9. The van der Waals surface area contributed by atoms with Gasteiger partial charge in [-0.05, 0) is 34.1 Å². The number of sulfonamides is 1. The molecule has 1 aromatic heterocycles. The first-order valence-corrected chi connectivity index (χ1v) is 8.38. The molecule has 0 amide bonds. The molecular weight excluding hydrogens is 374 g/mol. The van der Waals surface area contributed by atoms with E-state index in [-0.39, 0.29) is 17.1 Å². The molecule has 20 heavy (non-hydrogen) atoms. The van der Waals surface area contributed by atoms with Crippen molar-refractivity contribution in [3.63, 3.8) is 0 Å². The summed E-state index contributed by atoms with van der Waals surface area (Å²) in [5.41, 5.74) is 5.26. The van der Waals surface area contributed by atoms with Crippen molar-refractivity contribution < 1.29 is 17.2 Å². The Morgan fingerprint density at radius 1 is 1.20 bits per heavy atom. The first-order valence-electron chi connectivity index (χ1n) is 5.29.